The minimum atomic E-state index is -0.721. The summed E-state index contributed by atoms with van der Waals surface area (Å²) in [4.78, 5) is 26.0. The lowest BCUT2D eigenvalue weighted by Crippen LogP contribution is -2.46. The number of ether oxygens (including phenoxy) is 2. The van der Waals surface area contributed by atoms with Crippen LogP contribution in [-0.2, 0) is 14.3 Å². The van der Waals surface area contributed by atoms with Crippen molar-refractivity contribution in [3.63, 3.8) is 0 Å². The van der Waals surface area contributed by atoms with Gasteiger partial charge < -0.3 is 14.4 Å². The van der Waals surface area contributed by atoms with Gasteiger partial charge in [-0.2, -0.15) is 0 Å². The number of benzene rings is 1. The van der Waals surface area contributed by atoms with Gasteiger partial charge in [0.25, 0.3) is 5.91 Å². The first-order valence-corrected chi connectivity index (χ1v) is 8.43. The Bertz CT molecular complexity index is 570. The molecule has 1 heterocycles. The maximum Gasteiger partial charge on any atom is 0.309 e. The van der Waals surface area contributed by atoms with Gasteiger partial charge in [-0.3, -0.25) is 9.59 Å². The fourth-order valence-electron chi connectivity index (χ4n) is 2.80. The molecule has 1 aromatic carbocycles. The molecule has 1 fully saturated rings. The van der Waals surface area contributed by atoms with E-state index in [1.165, 1.54) is 12.1 Å². The quantitative estimate of drug-likeness (QED) is 0.749. The predicted molar refractivity (Wildman–Crippen MR) is 87.0 cm³/mol. The molecular formula is C18H24FNO4. The fourth-order valence-corrected chi connectivity index (χ4v) is 2.80. The van der Waals surface area contributed by atoms with Gasteiger partial charge in [0.1, 0.15) is 0 Å². The molecule has 0 saturated carbocycles. The molecule has 1 aliphatic heterocycles. The Labute approximate surface area is 141 Å². The smallest absolute Gasteiger partial charge is 0.309 e. The normalized spacial score (nSPS) is 16.5. The van der Waals surface area contributed by atoms with Crippen molar-refractivity contribution in [2.45, 2.75) is 39.2 Å². The Hall–Kier alpha value is -2.11. The van der Waals surface area contributed by atoms with E-state index in [9.17, 15) is 14.0 Å². The Kier molecular flexibility index (Phi) is 6.58. The standard InChI is InChI=1S/C18H24FNO4/c1-3-15(24-16-8-6-5-7-14(16)19)17(21)20-11-9-13(10-12-20)18(22)23-4-2/h5-8,13,15H,3-4,9-12H2,1-2H3/t15-/m1/s1. The van der Waals surface area contributed by atoms with E-state index in [-0.39, 0.29) is 23.5 Å². The number of hydrogen-bond donors (Lipinski definition) is 0. The van der Waals surface area contributed by atoms with Crippen LogP contribution in [0.1, 0.15) is 33.1 Å². The zero-order chi connectivity index (χ0) is 17.5. The van der Waals surface area contributed by atoms with Crippen molar-refractivity contribution in [2.75, 3.05) is 19.7 Å². The van der Waals surface area contributed by atoms with Gasteiger partial charge in [0.05, 0.1) is 12.5 Å². The average Bonchev–Trinajstić information content (AvgIpc) is 2.61. The van der Waals surface area contributed by atoms with E-state index in [1.54, 1.807) is 24.0 Å². The molecule has 1 atom stereocenters. The first kappa shape index (κ1) is 18.2. The highest BCUT2D eigenvalue weighted by Gasteiger charge is 2.31. The molecule has 0 aliphatic carbocycles. The molecule has 1 amide bonds. The molecule has 1 aliphatic rings. The molecule has 2 rings (SSSR count). The van der Waals surface area contributed by atoms with Gasteiger partial charge in [0, 0.05) is 13.1 Å². The molecular weight excluding hydrogens is 313 g/mol. The van der Waals surface area contributed by atoms with Crippen LogP contribution in [0.4, 0.5) is 4.39 Å². The fraction of sp³-hybridized carbons (Fsp3) is 0.556. The molecule has 0 radical (unpaired) electrons. The summed E-state index contributed by atoms with van der Waals surface area (Å²) in [5.41, 5.74) is 0. The van der Waals surface area contributed by atoms with Crippen LogP contribution in [0, 0.1) is 11.7 Å². The second-order valence-electron chi connectivity index (χ2n) is 5.80. The number of carbonyl (C=O) groups excluding carboxylic acids is 2. The third kappa shape index (κ3) is 4.46. The monoisotopic (exact) mass is 337 g/mol. The summed E-state index contributed by atoms with van der Waals surface area (Å²) < 4.78 is 24.3. The van der Waals surface area contributed by atoms with Crippen LogP contribution in [0.3, 0.4) is 0 Å². The minimum absolute atomic E-state index is 0.0825. The van der Waals surface area contributed by atoms with Crippen LogP contribution >= 0.6 is 0 Å². The molecule has 0 aromatic heterocycles. The number of piperidine rings is 1. The SMILES string of the molecule is CCOC(=O)C1CCN(C(=O)[C@@H](CC)Oc2ccccc2F)CC1. The Balaban J connectivity index is 1.93. The highest BCUT2D eigenvalue weighted by Crippen LogP contribution is 2.22. The highest BCUT2D eigenvalue weighted by atomic mass is 19.1. The number of nitrogens with zero attached hydrogens (tertiary/aromatic N) is 1. The van der Waals surface area contributed by atoms with Crippen LogP contribution in [-0.4, -0.2) is 42.6 Å². The lowest BCUT2D eigenvalue weighted by molar-refractivity contribution is -0.152. The summed E-state index contributed by atoms with van der Waals surface area (Å²) >= 11 is 0. The van der Waals surface area contributed by atoms with Crippen molar-refractivity contribution < 1.29 is 23.5 Å². The van der Waals surface area contributed by atoms with Crippen molar-refractivity contribution in [1.29, 1.82) is 0 Å². The first-order valence-electron chi connectivity index (χ1n) is 8.43. The molecule has 24 heavy (non-hydrogen) atoms. The zero-order valence-corrected chi connectivity index (χ0v) is 14.2. The minimum Gasteiger partial charge on any atom is -0.478 e. The number of rotatable bonds is 6. The Morgan fingerprint density at radius 1 is 1.25 bits per heavy atom. The first-order chi connectivity index (χ1) is 11.6. The maximum atomic E-state index is 13.7. The van der Waals surface area contributed by atoms with Crippen LogP contribution in [0.15, 0.2) is 24.3 Å². The predicted octanol–water partition coefficient (Wildman–Crippen LogP) is 2.78. The summed E-state index contributed by atoms with van der Waals surface area (Å²) in [5, 5.41) is 0. The highest BCUT2D eigenvalue weighted by molar-refractivity contribution is 5.81. The summed E-state index contributed by atoms with van der Waals surface area (Å²) in [6, 6.07) is 6.06. The molecule has 6 heteroatoms. The van der Waals surface area contributed by atoms with E-state index < -0.39 is 11.9 Å². The largest absolute Gasteiger partial charge is 0.478 e. The van der Waals surface area contributed by atoms with Crippen LogP contribution in [0.25, 0.3) is 0 Å². The molecule has 0 spiro atoms. The second-order valence-corrected chi connectivity index (χ2v) is 5.80. The van der Waals surface area contributed by atoms with E-state index in [4.69, 9.17) is 9.47 Å². The van der Waals surface area contributed by atoms with Gasteiger partial charge in [0.15, 0.2) is 17.7 Å². The van der Waals surface area contributed by atoms with E-state index in [2.05, 4.69) is 0 Å². The Morgan fingerprint density at radius 2 is 1.92 bits per heavy atom. The van der Waals surface area contributed by atoms with Crippen molar-refractivity contribution >= 4 is 11.9 Å². The number of hydrogen-bond acceptors (Lipinski definition) is 4. The van der Waals surface area contributed by atoms with E-state index >= 15 is 0 Å². The van der Waals surface area contributed by atoms with Crippen LogP contribution < -0.4 is 4.74 Å². The molecule has 132 valence electrons. The third-order valence-corrected chi connectivity index (χ3v) is 4.18. The van der Waals surface area contributed by atoms with E-state index in [1.807, 2.05) is 6.92 Å². The molecule has 0 N–H and O–H groups in total. The number of carbonyl (C=O) groups is 2. The van der Waals surface area contributed by atoms with E-state index in [0.717, 1.165) is 0 Å². The molecule has 0 bridgehead atoms. The van der Waals surface area contributed by atoms with Gasteiger partial charge in [0.2, 0.25) is 0 Å². The lowest BCUT2D eigenvalue weighted by Gasteiger charge is -2.33. The van der Waals surface area contributed by atoms with Crippen LogP contribution in [0.5, 0.6) is 5.75 Å². The van der Waals surface area contributed by atoms with E-state index in [0.29, 0.717) is 39.0 Å². The average molecular weight is 337 g/mol. The molecule has 1 aromatic rings. The van der Waals surface area contributed by atoms with Crippen LogP contribution in [0.2, 0.25) is 0 Å². The zero-order valence-electron chi connectivity index (χ0n) is 14.2. The van der Waals surface area contributed by atoms with Gasteiger partial charge >= 0.3 is 5.97 Å². The van der Waals surface area contributed by atoms with Crippen molar-refractivity contribution in [1.82, 2.24) is 4.90 Å². The summed E-state index contributed by atoms with van der Waals surface area (Å²) in [5.74, 6) is -0.909. The second kappa shape index (κ2) is 8.66. The number of likely N-dealkylation sites (tertiary alicyclic amines) is 1. The van der Waals surface area contributed by atoms with Gasteiger partial charge in [-0.25, -0.2) is 4.39 Å². The van der Waals surface area contributed by atoms with Gasteiger partial charge in [-0.15, -0.1) is 0 Å². The number of halogens is 1. The van der Waals surface area contributed by atoms with Crippen molar-refractivity contribution in [3.8, 4) is 5.75 Å². The van der Waals surface area contributed by atoms with Gasteiger partial charge in [-0.1, -0.05) is 19.1 Å². The molecule has 0 unspecified atom stereocenters. The Morgan fingerprint density at radius 3 is 2.50 bits per heavy atom. The molecule has 5 nitrogen and oxygen atoms in total. The van der Waals surface area contributed by atoms with Gasteiger partial charge in [-0.05, 0) is 38.3 Å². The maximum absolute atomic E-state index is 13.7. The van der Waals surface area contributed by atoms with Crippen molar-refractivity contribution in [2.24, 2.45) is 5.92 Å². The third-order valence-electron chi connectivity index (χ3n) is 4.18. The summed E-state index contributed by atoms with van der Waals surface area (Å²) in [7, 11) is 0. The summed E-state index contributed by atoms with van der Waals surface area (Å²) in [6.07, 6.45) is 0.896. The summed E-state index contributed by atoms with van der Waals surface area (Å²) in [6.45, 7) is 4.95. The lowest BCUT2D eigenvalue weighted by atomic mass is 9.96. The molecule has 1 saturated heterocycles. The number of amides is 1. The van der Waals surface area contributed by atoms with Crippen molar-refractivity contribution in [3.05, 3.63) is 30.1 Å². The number of esters is 1. The topological polar surface area (TPSA) is 55.8 Å². The number of para-hydroxylation sites is 1.